The van der Waals surface area contributed by atoms with Crippen LogP contribution in [-0.2, 0) is 27.3 Å². The summed E-state index contributed by atoms with van der Waals surface area (Å²) in [5.41, 5.74) is 11.8. The van der Waals surface area contributed by atoms with Crippen LogP contribution in [-0.4, -0.2) is 78.2 Å². The number of rotatable bonds is 18. The molecule has 0 aliphatic carbocycles. The zero-order valence-corrected chi connectivity index (χ0v) is 24.0. The number of ether oxygens (including phenoxy) is 3. The molecule has 0 unspecified atom stereocenters. The minimum atomic E-state index is 0.299. The topological polar surface area (TPSA) is 99.7 Å². The largest absolute Gasteiger partial charge is 0.379 e. The van der Waals surface area contributed by atoms with Gasteiger partial charge >= 0.3 is 0 Å². The van der Waals surface area contributed by atoms with Crippen molar-refractivity contribution < 1.29 is 14.2 Å². The van der Waals surface area contributed by atoms with E-state index in [2.05, 4.69) is 69.9 Å². The van der Waals surface area contributed by atoms with Crippen LogP contribution >= 0.6 is 0 Å². The molecule has 0 bridgehead atoms. The summed E-state index contributed by atoms with van der Waals surface area (Å²) in [5, 5.41) is 3.49. The zero-order chi connectivity index (χ0) is 27.5. The third kappa shape index (κ3) is 8.63. The molecule has 9 heteroatoms. The molecule has 1 saturated heterocycles. The van der Waals surface area contributed by atoms with Gasteiger partial charge in [0.25, 0.3) is 0 Å². The lowest BCUT2D eigenvalue weighted by Gasteiger charge is -2.39. The van der Waals surface area contributed by atoms with Crippen molar-refractivity contribution in [3.63, 3.8) is 0 Å². The molecular weight excluding hydrogens is 492 g/mol. The third-order valence-corrected chi connectivity index (χ3v) is 7.08. The Morgan fingerprint density at radius 3 is 2.51 bits per heavy atom. The predicted molar refractivity (Wildman–Crippen MR) is 157 cm³/mol. The van der Waals surface area contributed by atoms with E-state index in [1.807, 2.05) is 6.07 Å². The van der Waals surface area contributed by atoms with Crippen LogP contribution in [0.1, 0.15) is 56.2 Å². The second-order valence-corrected chi connectivity index (χ2v) is 10.4. The first-order valence-electron chi connectivity index (χ1n) is 14.5. The van der Waals surface area contributed by atoms with Gasteiger partial charge in [0, 0.05) is 45.5 Å². The average molecular weight is 539 g/mol. The maximum absolute atomic E-state index is 5.98. The van der Waals surface area contributed by atoms with E-state index >= 15 is 0 Å². The third-order valence-electron chi connectivity index (χ3n) is 7.08. The molecule has 3 aromatic rings. The number of nitrogens with two attached hydrogens (primary N) is 1. The van der Waals surface area contributed by atoms with E-state index in [4.69, 9.17) is 19.9 Å². The molecular formula is C30H46N6O3. The van der Waals surface area contributed by atoms with Crippen LogP contribution in [0.15, 0.2) is 30.5 Å². The molecule has 0 atom stereocenters. The number of benzene rings is 1. The number of aromatic nitrogens is 3. The lowest BCUT2D eigenvalue weighted by molar-refractivity contribution is -0.0764. The van der Waals surface area contributed by atoms with Gasteiger partial charge in [-0.15, -0.1) is 0 Å². The fourth-order valence-electron chi connectivity index (χ4n) is 4.93. The Bertz CT molecular complexity index is 1160. The van der Waals surface area contributed by atoms with Gasteiger partial charge in [-0.25, -0.2) is 4.98 Å². The number of unbranched alkanes of at least 4 members (excludes halogenated alkanes) is 2. The summed E-state index contributed by atoms with van der Waals surface area (Å²) in [6.45, 7) is 14.4. The quantitative estimate of drug-likeness (QED) is 0.227. The van der Waals surface area contributed by atoms with Crippen LogP contribution < -0.4 is 11.1 Å². The smallest absolute Gasteiger partial charge is 0.222 e. The second kappa shape index (κ2) is 15.2. The highest BCUT2D eigenvalue weighted by atomic mass is 16.5. The average Bonchev–Trinajstić information content (AvgIpc) is 3.30. The number of nitrogen functional groups attached to an aromatic ring is 1. The molecule has 39 heavy (non-hydrogen) atoms. The van der Waals surface area contributed by atoms with Crippen LogP contribution in [0.25, 0.3) is 11.0 Å². The van der Waals surface area contributed by atoms with Gasteiger partial charge in [0.15, 0.2) is 5.82 Å². The number of aryl methyl sites for hydroxylation is 1. The van der Waals surface area contributed by atoms with Gasteiger partial charge in [-0.1, -0.05) is 44.9 Å². The Morgan fingerprint density at radius 2 is 1.74 bits per heavy atom. The van der Waals surface area contributed by atoms with Crippen molar-refractivity contribution in [2.24, 2.45) is 0 Å². The molecule has 1 aliphatic rings. The van der Waals surface area contributed by atoms with Crippen molar-refractivity contribution >= 4 is 22.8 Å². The number of nitrogens with one attached hydrogen (secondary N) is 1. The van der Waals surface area contributed by atoms with Crippen LogP contribution in [0.4, 0.5) is 11.8 Å². The van der Waals surface area contributed by atoms with E-state index in [1.165, 1.54) is 29.5 Å². The first kappa shape index (κ1) is 29.3. The highest BCUT2D eigenvalue weighted by molar-refractivity contribution is 5.87. The van der Waals surface area contributed by atoms with E-state index in [-0.39, 0.29) is 0 Å². The number of hydrogen-bond donors (Lipinski definition) is 2. The highest BCUT2D eigenvalue weighted by Crippen LogP contribution is 2.25. The highest BCUT2D eigenvalue weighted by Gasteiger charge is 2.27. The fourth-order valence-corrected chi connectivity index (χ4v) is 4.93. The van der Waals surface area contributed by atoms with Crippen molar-refractivity contribution in [2.75, 3.05) is 63.7 Å². The molecule has 4 rings (SSSR count). The van der Waals surface area contributed by atoms with Crippen molar-refractivity contribution in [3.8, 4) is 0 Å². The summed E-state index contributed by atoms with van der Waals surface area (Å²) in [5.74, 6) is 1.12. The summed E-state index contributed by atoms with van der Waals surface area (Å²) in [7, 11) is 0. The Morgan fingerprint density at radius 1 is 0.949 bits per heavy atom. The minimum Gasteiger partial charge on any atom is -0.379 e. The van der Waals surface area contributed by atoms with Crippen molar-refractivity contribution in [2.45, 2.75) is 65.6 Å². The zero-order valence-electron chi connectivity index (χ0n) is 24.0. The van der Waals surface area contributed by atoms with Crippen LogP contribution in [0.5, 0.6) is 0 Å². The first-order chi connectivity index (χ1) is 19.1. The molecule has 1 aromatic carbocycles. The van der Waals surface area contributed by atoms with Gasteiger partial charge in [-0.2, -0.15) is 4.98 Å². The second-order valence-electron chi connectivity index (χ2n) is 10.4. The Labute approximate surface area is 233 Å². The number of fused-ring (bicyclic) bond motifs is 1. The van der Waals surface area contributed by atoms with Crippen LogP contribution in [0.2, 0.25) is 0 Å². The lowest BCUT2D eigenvalue weighted by atomic mass is 10.0. The number of likely N-dealkylation sites (tertiary alicyclic amines) is 1. The summed E-state index contributed by atoms with van der Waals surface area (Å²) in [6.07, 6.45) is 6.91. The summed E-state index contributed by atoms with van der Waals surface area (Å²) < 4.78 is 19.1. The van der Waals surface area contributed by atoms with Crippen molar-refractivity contribution in [1.82, 2.24) is 19.4 Å². The number of nitrogens with zero attached hydrogens (tertiary/aromatic N) is 4. The van der Waals surface area contributed by atoms with E-state index in [0.717, 1.165) is 69.0 Å². The fraction of sp³-hybridized carbons (Fsp3) is 0.600. The molecule has 3 heterocycles. The minimum absolute atomic E-state index is 0.299. The first-order valence-corrected chi connectivity index (χ1v) is 14.5. The van der Waals surface area contributed by atoms with E-state index in [0.29, 0.717) is 38.5 Å². The van der Waals surface area contributed by atoms with Gasteiger partial charge in [0.2, 0.25) is 5.95 Å². The summed E-state index contributed by atoms with van der Waals surface area (Å²) in [4.78, 5) is 11.4. The van der Waals surface area contributed by atoms with E-state index < -0.39 is 0 Å². The van der Waals surface area contributed by atoms with E-state index in [9.17, 15) is 0 Å². The Balaban J connectivity index is 1.25. The molecule has 2 aromatic heterocycles. The van der Waals surface area contributed by atoms with Crippen molar-refractivity contribution in [1.29, 1.82) is 0 Å². The summed E-state index contributed by atoms with van der Waals surface area (Å²) in [6, 6.07) is 8.82. The van der Waals surface area contributed by atoms with Gasteiger partial charge in [0.05, 0.1) is 38.0 Å². The Kier molecular flexibility index (Phi) is 11.4. The van der Waals surface area contributed by atoms with E-state index in [1.54, 1.807) is 0 Å². The van der Waals surface area contributed by atoms with Crippen molar-refractivity contribution in [3.05, 3.63) is 47.2 Å². The molecule has 0 radical (unpaired) electrons. The van der Waals surface area contributed by atoms with Gasteiger partial charge in [-0.3, -0.25) is 4.90 Å². The molecule has 9 nitrogen and oxygen atoms in total. The summed E-state index contributed by atoms with van der Waals surface area (Å²) >= 11 is 0. The molecule has 0 amide bonds. The predicted octanol–water partition coefficient (Wildman–Crippen LogP) is 4.62. The van der Waals surface area contributed by atoms with Crippen LogP contribution in [0.3, 0.4) is 0 Å². The number of anilines is 2. The number of hydrogen-bond acceptors (Lipinski definition) is 8. The van der Waals surface area contributed by atoms with Gasteiger partial charge < -0.3 is 29.8 Å². The molecule has 214 valence electrons. The monoisotopic (exact) mass is 538 g/mol. The molecule has 1 fully saturated rings. The van der Waals surface area contributed by atoms with Crippen LogP contribution in [0, 0.1) is 6.92 Å². The SMILES string of the molecule is CCCCCNc1nc(N)nc2ccn(Cc3ccc(CN4CC(OCCOCCOCCC)C4)cc3C)c12. The maximum atomic E-state index is 5.98. The molecule has 3 N–H and O–H groups in total. The van der Waals surface area contributed by atoms with Gasteiger partial charge in [-0.05, 0) is 42.5 Å². The maximum Gasteiger partial charge on any atom is 0.222 e. The molecule has 0 spiro atoms. The normalized spacial score (nSPS) is 14.2. The standard InChI is InChI=1S/C30H46N6O3/c1-4-6-7-11-32-29-28-27(33-30(31)34-29)10-12-36(28)20-25-9-8-24(18-23(25)3)19-35-21-26(22-35)39-17-16-38-15-14-37-13-5-2/h8-10,12,18,26H,4-7,11,13-17,19-22H2,1-3H3,(H3,31,32,33,34). The van der Waals surface area contributed by atoms with Gasteiger partial charge in [0.1, 0.15) is 5.52 Å². The molecule has 1 aliphatic heterocycles. The lowest BCUT2D eigenvalue weighted by Crippen LogP contribution is -2.51. The molecule has 0 saturated carbocycles. The Hall–Kier alpha value is -2.72.